The average molecular weight is 514 g/mol. The third-order valence-electron chi connectivity index (χ3n) is 7.18. The van der Waals surface area contributed by atoms with E-state index >= 15 is 0 Å². The number of carbonyl (C=O) groups is 3. The fraction of sp³-hybridized carbons (Fsp3) is 0.345. The molecule has 1 atom stereocenters. The minimum atomic E-state index is -0.815. The molecule has 0 saturated carbocycles. The lowest BCUT2D eigenvalue weighted by Gasteiger charge is -2.24. The molecule has 0 aliphatic carbocycles. The molecule has 196 valence electrons. The molecular weight excluding hydrogens is 482 g/mol. The number of fused-ring (bicyclic) bond motifs is 2. The maximum atomic E-state index is 13.5. The number of unbranched alkanes of at least 4 members (excludes halogenated alkanes) is 3. The quantitative estimate of drug-likeness (QED) is 0.227. The minimum Gasteiger partial charge on any atom is -0.361 e. The maximum absolute atomic E-state index is 13.5. The van der Waals surface area contributed by atoms with E-state index in [2.05, 4.69) is 45.0 Å². The van der Waals surface area contributed by atoms with Crippen LogP contribution in [0.5, 0.6) is 0 Å². The van der Waals surface area contributed by atoms with Crippen molar-refractivity contribution >= 4 is 45.2 Å². The molecule has 9 nitrogen and oxygen atoms in total. The third-order valence-corrected chi connectivity index (χ3v) is 7.18. The van der Waals surface area contributed by atoms with Gasteiger partial charge in [0, 0.05) is 29.9 Å². The molecule has 4 aromatic rings. The Morgan fingerprint density at radius 1 is 1.05 bits per heavy atom. The Morgan fingerprint density at radius 3 is 2.71 bits per heavy atom. The van der Waals surface area contributed by atoms with E-state index in [1.807, 2.05) is 6.07 Å². The van der Waals surface area contributed by atoms with Crippen molar-refractivity contribution in [1.29, 1.82) is 0 Å². The molecule has 9 heteroatoms. The van der Waals surface area contributed by atoms with Gasteiger partial charge in [-0.05, 0) is 56.4 Å². The highest BCUT2D eigenvalue weighted by atomic mass is 16.2. The first-order chi connectivity index (χ1) is 18.4. The van der Waals surface area contributed by atoms with Gasteiger partial charge in [-0.1, -0.05) is 37.1 Å². The molecule has 1 aliphatic rings. The zero-order valence-corrected chi connectivity index (χ0v) is 21.4. The summed E-state index contributed by atoms with van der Waals surface area (Å²) in [6, 6.07) is 12.6. The van der Waals surface area contributed by atoms with Crippen LogP contribution in [-0.2, 0) is 20.8 Å². The minimum absolute atomic E-state index is 0.153. The average Bonchev–Trinajstić information content (AvgIpc) is 3.30. The van der Waals surface area contributed by atoms with Crippen LogP contribution in [0, 0.1) is 6.92 Å². The fourth-order valence-electron chi connectivity index (χ4n) is 5.26. The van der Waals surface area contributed by atoms with E-state index in [-0.39, 0.29) is 30.0 Å². The fourth-order valence-corrected chi connectivity index (χ4v) is 5.26. The second-order valence-corrected chi connectivity index (χ2v) is 9.82. The highest BCUT2D eigenvalue weighted by Gasteiger charge is 2.30. The number of hydrogen-bond acceptors (Lipinski definition) is 5. The van der Waals surface area contributed by atoms with Gasteiger partial charge < -0.3 is 10.3 Å². The van der Waals surface area contributed by atoms with Gasteiger partial charge >= 0.3 is 0 Å². The second kappa shape index (κ2) is 11.0. The van der Waals surface area contributed by atoms with Crippen LogP contribution < -0.4 is 16.2 Å². The van der Waals surface area contributed by atoms with E-state index in [1.165, 1.54) is 15.5 Å². The van der Waals surface area contributed by atoms with Crippen molar-refractivity contribution in [3.63, 3.8) is 0 Å². The van der Waals surface area contributed by atoms with Gasteiger partial charge in [-0.3, -0.25) is 29.1 Å². The standard InChI is InChI=1S/C29H31N5O4/c1-18-31-22-12-8-13-23(27(22)29(38)34(18)24-15-16-26(36)33-28(24)37)32-25(35)14-5-3-2-4-9-19-17-30-21-11-7-6-10-20(19)21/h6-8,10-13,17,24,30H,2-5,9,14-16H2,1H3,(H,32,35)(H,33,36,37). The smallest absolute Gasteiger partial charge is 0.264 e. The second-order valence-electron chi connectivity index (χ2n) is 9.82. The van der Waals surface area contributed by atoms with Crippen LogP contribution in [0.15, 0.2) is 53.5 Å². The van der Waals surface area contributed by atoms with Crippen molar-refractivity contribution in [2.45, 2.75) is 64.3 Å². The predicted octanol–water partition coefficient (Wildman–Crippen LogP) is 4.30. The molecule has 2 aromatic heterocycles. The number of rotatable bonds is 9. The summed E-state index contributed by atoms with van der Waals surface area (Å²) in [6.45, 7) is 1.66. The zero-order chi connectivity index (χ0) is 26.6. The lowest BCUT2D eigenvalue weighted by molar-refractivity contribution is -0.135. The number of nitrogens with zero attached hydrogens (tertiary/aromatic N) is 2. The number of aryl methyl sites for hydroxylation is 2. The Hall–Kier alpha value is -4.27. The Kier molecular flexibility index (Phi) is 7.35. The Bertz CT molecular complexity index is 1590. The number of benzene rings is 2. The number of amides is 3. The van der Waals surface area contributed by atoms with Gasteiger partial charge in [-0.25, -0.2) is 4.98 Å². The van der Waals surface area contributed by atoms with Gasteiger partial charge in [0.15, 0.2) is 0 Å². The van der Waals surface area contributed by atoms with E-state index in [9.17, 15) is 19.2 Å². The van der Waals surface area contributed by atoms with E-state index in [0.29, 0.717) is 23.4 Å². The first-order valence-electron chi connectivity index (χ1n) is 13.1. The van der Waals surface area contributed by atoms with Crippen LogP contribution in [0.1, 0.15) is 62.4 Å². The number of hydrogen-bond donors (Lipinski definition) is 3. The van der Waals surface area contributed by atoms with Gasteiger partial charge in [-0.2, -0.15) is 0 Å². The molecule has 0 spiro atoms. The molecule has 1 aliphatic heterocycles. The van der Waals surface area contributed by atoms with Gasteiger partial charge in [-0.15, -0.1) is 0 Å². The molecule has 1 saturated heterocycles. The number of imide groups is 1. The molecule has 3 heterocycles. The van der Waals surface area contributed by atoms with Crippen LogP contribution in [-0.4, -0.2) is 32.3 Å². The third kappa shape index (κ3) is 5.22. The topological polar surface area (TPSA) is 126 Å². The van der Waals surface area contributed by atoms with Crippen molar-refractivity contribution in [1.82, 2.24) is 19.9 Å². The van der Waals surface area contributed by atoms with Crippen molar-refractivity contribution in [3.8, 4) is 0 Å². The first-order valence-corrected chi connectivity index (χ1v) is 13.1. The van der Waals surface area contributed by atoms with Crippen LogP contribution in [0.4, 0.5) is 5.69 Å². The largest absolute Gasteiger partial charge is 0.361 e. The summed E-state index contributed by atoms with van der Waals surface area (Å²) in [6.07, 6.45) is 7.58. The van der Waals surface area contributed by atoms with Gasteiger partial charge in [0.2, 0.25) is 17.7 Å². The molecule has 38 heavy (non-hydrogen) atoms. The van der Waals surface area contributed by atoms with Crippen molar-refractivity contribution in [3.05, 3.63) is 70.4 Å². The number of piperidine rings is 1. The number of aromatic nitrogens is 3. The van der Waals surface area contributed by atoms with Crippen LogP contribution in [0.2, 0.25) is 0 Å². The summed E-state index contributed by atoms with van der Waals surface area (Å²) in [5.74, 6) is -0.648. The van der Waals surface area contributed by atoms with Crippen LogP contribution in [0.3, 0.4) is 0 Å². The zero-order valence-electron chi connectivity index (χ0n) is 21.4. The molecule has 0 radical (unpaired) electrons. The van der Waals surface area contributed by atoms with Crippen molar-refractivity contribution in [2.75, 3.05) is 5.32 Å². The molecular formula is C29H31N5O4. The molecule has 1 fully saturated rings. The van der Waals surface area contributed by atoms with E-state index in [1.54, 1.807) is 25.1 Å². The lowest BCUT2D eigenvalue weighted by atomic mass is 10.0. The highest BCUT2D eigenvalue weighted by molar-refractivity contribution is 6.01. The van der Waals surface area contributed by atoms with Crippen molar-refractivity contribution in [2.24, 2.45) is 0 Å². The molecule has 1 unspecified atom stereocenters. The monoisotopic (exact) mass is 513 g/mol. The van der Waals surface area contributed by atoms with Gasteiger partial charge in [0.25, 0.3) is 5.56 Å². The highest BCUT2D eigenvalue weighted by Crippen LogP contribution is 2.24. The number of H-pyrrole nitrogens is 1. The summed E-state index contributed by atoms with van der Waals surface area (Å²) in [4.78, 5) is 58.1. The summed E-state index contributed by atoms with van der Waals surface area (Å²) in [5, 5.41) is 6.70. The Morgan fingerprint density at radius 2 is 1.87 bits per heavy atom. The van der Waals surface area contributed by atoms with E-state index in [0.717, 1.165) is 37.6 Å². The maximum Gasteiger partial charge on any atom is 0.264 e. The molecule has 3 amide bonds. The van der Waals surface area contributed by atoms with E-state index in [4.69, 9.17) is 0 Å². The SMILES string of the molecule is Cc1nc2cccc(NC(=O)CCCCCCc3c[nH]c4ccccc34)c2c(=O)n1C1CCC(=O)NC1=O. The van der Waals surface area contributed by atoms with Crippen LogP contribution in [0.25, 0.3) is 21.8 Å². The molecule has 2 aromatic carbocycles. The normalized spacial score (nSPS) is 15.7. The number of nitrogens with one attached hydrogen (secondary N) is 3. The summed E-state index contributed by atoms with van der Waals surface area (Å²) >= 11 is 0. The summed E-state index contributed by atoms with van der Waals surface area (Å²) < 4.78 is 1.33. The Labute approximate surface area is 219 Å². The number of para-hydroxylation sites is 1. The van der Waals surface area contributed by atoms with E-state index < -0.39 is 17.5 Å². The number of anilines is 1. The van der Waals surface area contributed by atoms with Gasteiger partial charge in [0.05, 0.1) is 16.6 Å². The molecule has 5 rings (SSSR count). The van der Waals surface area contributed by atoms with Gasteiger partial charge in [0.1, 0.15) is 11.9 Å². The number of aromatic amines is 1. The first kappa shape index (κ1) is 25.4. The molecule has 0 bridgehead atoms. The summed E-state index contributed by atoms with van der Waals surface area (Å²) in [7, 11) is 0. The molecule has 3 N–H and O–H groups in total. The lowest BCUT2D eigenvalue weighted by Crippen LogP contribution is -2.45. The number of carbonyl (C=O) groups excluding carboxylic acids is 3. The Balaban J connectivity index is 1.19. The van der Waals surface area contributed by atoms with Crippen LogP contribution >= 0.6 is 0 Å². The van der Waals surface area contributed by atoms with Crippen molar-refractivity contribution < 1.29 is 14.4 Å². The predicted molar refractivity (Wildman–Crippen MR) is 146 cm³/mol. The summed E-state index contributed by atoms with van der Waals surface area (Å²) in [5.41, 5.74) is 2.90.